The Morgan fingerprint density at radius 3 is 2.27 bits per heavy atom. The van der Waals surface area contributed by atoms with Crippen molar-refractivity contribution in [1.29, 1.82) is 0 Å². The Morgan fingerprint density at radius 2 is 1.59 bits per heavy atom. The number of hydrogen-bond acceptors (Lipinski definition) is 5. The van der Waals surface area contributed by atoms with Gasteiger partial charge >= 0.3 is 6.18 Å². The van der Waals surface area contributed by atoms with Crippen LogP contribution in [0.25, 0.3) is 6.08 Å². The van der Waals surface area contributed by atoms with E-state index in [9.17, 15) is 13.2 Å². The third kappa shape index (κ3) is 6.68. The summed E-state index contributed by atoms with van der Waals surface area (Å²) in [5.74, 6) is 0. The minimum absolute atomic E-state index is 0.00491. The molecule has 1 aliphatic carbocycles. The molecule has 196 valence electrons. The number of rotatable bonds is 8. The van der Waals surface area contributed by atoms with Gasteiger partial charge in [-0.2, -0.15) is 23.4 Å². The fourth-order valence-electron chi connectivity index (χ4n) is 4.81. The van der Waals surface area contributed by atoms with Crippen molar-refractivity contribution >= 4 is 24.2 Å². The summed E-state index contributed by atoms with van der Waals surface area (Å²) < 4.78 is 45.3. The number of benzene rings is 2. The molecule has 5 nitrogen and oxygen atoms in total. The predicted octanol–water partition coefficient (Wildman–Crippen LogP) is 6.42. The van der Waals surface area contributed by atoms with Crippen LogP contribution < -0.4 is 4.90 Å². The van der Waals surface area contributed by atoms with Crippen molar-refractivity contribution in [3.05, 3.63) is 82.1 Å². The van der Waals surface area contributed by atoms with Gasteiger partial charge in [0.2, 0.25) is 0 Å². The van der Waals surface area contributed by atoms with E-state index in [1.165, 1.54) is 23.4 Å². The average Bonchev–Trinajstić information content (AvgIpc) is 3.30. The Morgan fingerprint density at radius 1 is 0.919 bits per heavy atom. The van der Waals surface area contributed by atoms with Gasteiger partial charge in [-0.05, 0) is 67.7 Å². The maximum Gasteiger partial charge on any atom is 0.417 e. The van der Waals surface area contributed by atoms with Gasteiger partial charge in [-0.3, -0.25) is 0 Å². The lowest BCUT2D eigenvalue weighted by Crippen LogP contribution is -2.36. The summed E-state index contributed by atoms with van der Waals surface area (Å²) in [5, 5.41) is 8.09. The molecule has 1 saturated heterocycles. The SMILES string of the molecule is CCN(CC)c1ccc(/C=C2\CCC(/C=N\N=C/c3ccccc3C(F)(F)F)=C2N2CCOCC2)cc1. The van der Waals surface area contributed by atoms with Crippen LogP contribution in [0.2, 0.25) is 0 Å². The molecule has 2 aromatic carbocycles. The molecule has 0 saturated carbocycles. The van der Waals surface area contributed by atoms with E-state index in [1.807, 2.05) is 0 Å². The van der Waals surface area contributed by atoms with E-state index in [0.29, 0.717) is 13.2 Å². The summed E-state index contributed by atoms with van der Waals surface area (Å²) in [6, 6.07) is 14.0. The number of anilines is 1. The molecule has 0 spiro atoms. The van der Waals surface area contributed by atoms with Gasteiger partial charge in [0.15, 0.2) is 0 Å². The molecule has 8 heteroatoms. The van der Waals surface area contributed by atoms with Crippen LogP contribution in [0.4, 0.5) is 18.9 Å². The number of allylic oxidation sites excluding steroid dienone is 2. The summed E-state index contributed by atoms with van der Waals surface area (Å²) in [6.07, 6.45) is 2.30. The first-order chi connectivity index (χ1) is 17.9. The molecule has 0 unspecified atom stereocenters. The minimum atomic E-state index is -4.44. The first-order valence-electron chi connectivity index (χ1n) is 12.7. The van der Waals surface area contributed by atoms with Crippen molar-refractivity contribution in [3.8, 4) is 0 Å². The van der Waals surface area contributed by atoms with Crippen molar-refractivity contribution in [2.75, 3.05) is 44.3 Å². The highest BCUT2D eigenvalue weighted by molar-refractivity contribution is 5.86. The van der Waals surface area contributed by atoms with E-state index >= 15 is 0 Å². The van der Waals surface area contributed by atoms with Gasteiger partial charge in [0.25, 0.3) is 0 Å². The molecule has 1 aliphatic heterocycles. The van der Waals surface area contributed by atoms with E-state index in [1.54, 1.807) is 12.3 Å². The molecule has 4 rings (SSSR count). The third-order valence-corrected chi connectivity index (χ3v) is 6.71. The lowest BCUT2D eigenvalue weighted by atomic mass is 10.1. The van der Waals surface area contributed by atoms with Gasteiger partial charge in [-0.15, -0.1) is 0 Å². The number of ether oxygens (including phenoxy) is 1. The Kier molecular flexibility index (Phi) is 8.82. The number of hydrogen-bond donors (Lipinski definition) is 0. The Hall–Kier alpha value is -3.39. The molecule has 37 heavy (non-hydrogen) atoms. The van der Waals surface area contributed by atoms with Gasteiger partial charge in [0.05, 0.1) is 31.2 Å². The van der Waals surface area contributed by atoms with Crippen LogP contribution >= 0.6 is 0 Å². The smallest absolute Gasteiger partial charge is 0.378 e. The zero-order valence-corrected chi connectivity index (χ0v) is 21.3. The third-order valence-electron chi connectivity index (χ3n) is 6.71. The highest BCUT2D eigenvalue weighted by Gasteiger charge is 2.32. The number of nitrogens with zero attached hydrogens (tertiary/aromatic N) is 4. The van der Waals surface area contributed by atoms with Crippen LogP contribution in [-0.4, -0.2) is 56.7 Å². The van der Waals surface area contributed by atoms with Gasteiger partial charge in [-0.1, -0.05) is 30.3 Å². The number of halogens is 3. The zero-order chi connectivity index (χ0) is 26.3. The van der Waals surface area contributed by atoms with Gasteiger partial charge < -0.3 is 14.5 Å². The molecule has 0 aromatic heterocycles. The van der Waals surface area contributed by atoms with E-state index in [0.717, 1.165) is 68.1 Å². The maximum absolute atomic E-state index is 13.2. The van der Waals surface area contributed by atoms with Crippen molar-refractivity contribution in [3.63, 3.8) is 0 Å². The Labute approximate surface area is 216 Å². The van der Waals surface area contributed by atoms with Crippen LogP contribution in [0.1, 0.15) is 43.4 Å². The Bertz CT molecular complexity index is 1170. The van der Waals surface area contributed by atoms with Gasteiger partial charge in [0, 0.05) is 43.1 Å². The van der Waals surface area contributed by atoms with Gasteiger partial charge in [-0.25, -0.2) is 0 Å². The first-order valence-corrected chi connectivity index (χ1v) is 12.7. The van der Waals surface area contributed by atoms with Crippen LogP contribution in [0, 0.1) is 0 Å². The van der Waals surface area contributed by atoms with Crippen molar-refractivity contribution in [2.24, 2.45) is 10.2 Å². The number of alkyl halides is 3. The second kappa shape index (κ2) is 12.2. The predicted molar refractivity (Wildman–Crippen MR) is 144 cm³/mol. The van der Waals surface area contributed by atoms with E-state index in [2.05, 4.69) is 64.2 Å². The number of morpholine rings is 1. The normalized spacial score (nSPS) is 18.1. The molecular weight excluding hydrogens is 477 g/mol. The van der Waals surface area contributed by atoms with Crippen LogP contribution in [0.3, 0.4) is 0 Å². The summed E-state index contributed by atoms with van der Waals surface area (Å²) >= 11 is 0. The summed E-state index contributed by atoms with van der Waals surface area (Å²) in [4.78, 5) is 4.63. The fourth-order valence-corrected chi connectivity index (χ4v) is 4.81. The molecule has 0 atom stereocenters. The molecule has 2 aliphatic rings. The largest absolute Gasteiger partial charge is 0.417 e. The standard InChI is InChI=1S/C29H33F3N4O/c1-3-35(4-2)26-13-9-22(10-14-26)19-23-11-12-25(28(23)36-15-17-37-18-16-36)21-34-33-20-24-7-5-6-8-27(24)29(30,31)32/h5-10,13-14,19-21H,3-4,11-12,15-18H2,1-2H3/b23-19+,33-20-,34-21-. The second-order valence-corrected chi connectivity index (χ2v) is 8.98. The highest BCUT2D eigenvalue weighted by atomic mass is 19.4. The highest BCUT2D eigenvalue weighted by Crippen LogP contribution is 2.35. The molecule has 0 N–H and O–H groups in total. The summed E-state index contributed by atoms with van der Waals surface area (Å²) in [6.45, 7) is 9.12. The second-order valence-electron chi connectivity index (χ2n) is 8.98. The van der Waals surface area contributed by atoms with Crippen molar-refractivity contribution < 1.29 is 17.9 Å². The molecule has 1 fully saturated rings. The van der Waals surface area contributed by atoms with Crippen molar-refractivity contribution in [2.45, 2.75) is 32.9 Å². The van der Waals surface area contributed by atoms with Crippen LogP contribution in [0.5, 0.6) is 0 Å². The molecule has 0 radical (unpaired) electrons. The van der Waals surface area contributed by atoms with E-state index in [4.69, 9.17) is 4.74 Å². The van der Waals surface area contributed by atoms with Crippen LogP contribution in [0.15, 0.2) is 75.6 Å². The summed E-state index contributed by atoms with van der Waals surface area (Å²) in [7, 11) is 0. The summed E-state index contributed by atoms with van der Waals surface area (Å²) in [5.41, 5.74) is 5.01. The zero-order valence-electron chi connectivity index (χ0n) is 21.3. The molecule has 0 amide bonds. The molecule has 1 heterocycles. The maximum atomic E-state index is 13.2. The van der Waals surface area contributed by atoms with Crippen LogP contribution in [-0.2, 0) is 10.9 Å². The molecule has 0 bridgehead atoms. The monoisotopic (exact) mass is 510 g/mol. The van der Waals surface area contributed by atoms with E-state index < -0.39 is 11.7 Å². The fraction of sp³-hybridized carbons (Fsp3) is 0.379. The van der Waals surface area contributed by atoms with Crippen molar-refractivity contribution in [1.82, 2.24) is 4.90 Å². The lowest BCUT2D eigenvalue weighted by molar-refractivity contribution is -0.137. The Balaban J connectivity index is 1.59. The minimum Gasteiger partial charge on any atom is -0.378 e. The topological polar surface area (TPSA) is 40.4 Å². The first kappa shape index (κ1) is 26.7. The quantitative estimate of drug-likeness (QED) is 0.304. The molecular formula is C29H33F3N4O. The van der Waals surface area contributed by atoms with E-state index in [-0.39, 0.29) is 5.56 Å². The molecule has 2 aromatic rings. The average molecular weight is 511 g/mol. The lowest BCUT2D eigenvalue weighted by Gasteiger charge is -2.31. The van der Waals surface area contributed by atoms with Gasteiger partial charge in [0.1, 0.15) is 0 Å².